The van der Waals surface area contributed by atoms with Crippen molar-refractivity contribution >= 4 is 12.1 Å². The standard InChI is InChI=1S/C18H25NO5/c1-18(2,3)24-16(21)15-10-9-14(20)11-19(15)17(22)23-12-13-7-5-4-6-8-13/h4-8,14-15,20H,9-12H2,1-3H3/t14-,15-/m1/s1. The molecule has 2 atom stereocenters. The molecular weight excluding hydrogens is 310 g/mol. The molecule has 1 N–H and O–H groups in total. The van der Waals surface area contributed by atoms with Gasteiger partial charge in [-0.1, -0.05) is 30.3 Å². The average molecular weight is 335 g/mol. The number of nitrogens with zero attached hydrogens (tertiary/aromatic N) is 1. The fraction of sp³-hybridized carbons (Fsp3) is 0.556. The summed E-state index contributed by atoms with van der Waals surface area (Å²) < 4.78 is 10.7. The van der Waals surface area contributed by atoms with Gasteiger partial charge < -0.3 is 14.6 Å². The number of benzene rings is 1. The first kappa shape index (κ1) is 18.3. The van der Waals surface area contributed by atoms with Crippen LogP contribution in [0.4, 0.5) is 4.79 Å². The largest absolute Gasteiger partial charge is 0.458 e. The van der Waals surface area contributed by atoms with Crippen LogP contribution in [0.1, 0.15) is 39.2 Å². The van der Waals surface area contributed by atoms with E-state index in [1.807, 2.05) is 30.3 Å². The first-order valence-corrected chi connectivity index (χ1v) is 8.14. The van der Waals surface area contributed by atoms with Gasteiger partial charge in [0.1, 0.15) is 18.2 Å². The smallest absolute Gasteiger partial charge is 0.410 e. The summed E-state index contributed by atoms with van der Waals surface area (Å²) >= 11 is 0. The predicted molar refractivity (Wildman–Crippen MR) is 88.2 cm³/mol. The van der Waals surface area contributed by atoms with Gasteiger partial charge in [0.15, 0.2) is 0 Å². The Kier molecular flexibility index (Phi) is 5.83. The molecule has 0 aliphatic carbocycles. The molecule has 1 saturated heterocycles. The first-order chi connectivity index (χ1) is 11.3. The molecular formula is C18H25NO5. The van der Waals surface area contributed by atoms with Crippen LogP contribution in [-0.4, -0.2) is 46.4 Å². The quantitative estimate of drug-likeness (QED) is 0.859. The summed E-state index contributed by atoms with van der Waals surface area (Å²) in [4.78, 5) is 26.0. The first-order valence-electron chi connectivity index (χ1n) is 8.14. The number of rotatable bonds is 3. The number of carbonyl (C=O) groups is 2. The van der Waals surface area contributed by atoms with Gasteiger partial charge in [-0.05, 0) is 39.2 Å². The summed E-state index contributed by atoms with van der Waals surface area (Å²) in [5.41, 5.74) is 0.226. The second-order valence-electron chi connectivity index (χ2n) is 6.97. The molecule has 1 aliphatic heterocycles. The van der Waals surface area contributed by atoms with E-state index in [-0.39, 0.29) is 13.2 Å². The summed E-state index contributed by atoms with van der Waals surface area (Å²) in [5, 5.41) is 9.84. The third kappa shape index (κ3) is 5.23. The van der Waals surface area contributed by atoms with Crippen LogP contribution < -0.4 is 0 Å². The molecule has 1 heterocycles. The number of likely N-dealkylation sites (tertiary alicyclic amines) is 1. The highest BCUT2D eigenvalue weighted by Gasteiger charge is 2.38. The molecule has 1 fully saturated rings. The zero-order valence-corrected chi connectivity index (χ0v) is 14.4. The number of piperidine rings is 1. The lowest BCUT2D eigenvalue weighted by atomic mass is 10.0. The number of hydrogen-bond donors (Lipinski definition) is 1. The molecule has 0 radical (unpaired) electrons. The molecule has 0 saturated carbocycles. The molecule has 1 aromatic carbocycles. The van der Waals surface area contributed by atoms with E-state index in [0.29, 0.717) is 12.8 Å². The molecule has 0 unspecified atom stereocenters. The summed E-state index contributed by atoms with van der Waals surface area (Å²) in [6, 6.07) is 8.57. The lowest BCUT2D eigenvalue weighted by Crippen LogP contribution is -2.53. The second-order valence-corrected chi connectivity index (χ2v) is 6.97. The normalized spacial score (nSPS) is 21.2. The van der Waals surface area contributed by atoms with Crippen molar-refractivity contribution in [2.24, 2.45) is 0 Å². The van der Waals surface area contributed by atoms with Gasteiger partial charge in [-0.15, -0.1) is 0 Å². The summed E-state index contributed by atoms with van der Waals surface area (Å²) in [6.07, 6.45) is -0.468. The van der Waals surface area contributed by atoms with Crippen LogP contribution in [0, 0.1) is 0 Å². The van der Waals surface area contributed by atoms with Gasteiger partial charge in [0.05, 0.1) is 12.6 Å². The van der Waals surface area contributed by atoms with E-state index in [1.54, 1.807) is 20.8 Å². The van der Waals surface area contributed by atoms with Crippen molar-refractivity contribution in [1.82, 2.24) is 4.90 Å². The minimum absolute atomic E-state index is 0.0670. The van der Waals surface area contributed by atoms with Crippen LogP contribution in [0.3, 0.4) is 0 Å². The van der Waals surface area contributed by atoms with Gasteiger partial charge in [-0.25, -0.2) is 9.59 Å². The maximum atomic E-state index is 12.4. The van der Waals surface area contributed by atoms with E-state index in [2.05, 4.69) is 0 Å². The zero-order chi connectivity index (χ0) is 17.7. The second kappa shape index (κ2) is 7.66. The van der Waals surface area contributed by atoms with E-state index in [4.69, 9.17) is 9.47 Å². The molecule has 2 rings (SSSR count). The third-order valence-electron chi connectivity index (χ3n) is 3.68. The molecule has 1 aromatic rings. The zero-order valence-electron chi connectivity index (χ0n) is 14.4. The van der Waals surface area contributed by atoms with E-state index < -0.39 is 29.8 Å². The molecule has 0 spiro atoms. The maximum absolute atomic E-state index is 12.4. The molecule has 6 heteroatoms. The third-order valence-corrected chi connectivity index (χ3v) is 3.68. The maximum Gasteiger partial charge on any atom is 0.410 e. The SMILES string of the molecule is CC(C)(C)OC(=O)[C@H]1CC[C@@H](O)CN1C(=O)OCc1ccccc1. The highest BCUT2D eigenvalue weighted by atomic mass is 16.6. The van der Waals surface area contributed by atoms with Crippen LogP contribution >= 0.6 is 0 Å². The Bertz CT molecular complexity index is 567. The van der Waals surface area contributed by atoms with Crippen molar-refractivity contribution in [2.45, 2.75) is 58.0 Å². The van der Waals surface area contributed by atoms with Gasteiger partial charge in [0, 0.05) is 0 Å². The predicted octanol–water partition coefficient (Wildman–Crippen LogP) is 2.49. The van der Waals surface area contributed by atoms with Gasteiger partial charge in [-0.2, -0.15) is 0 Å². The van der Waals surface area contributed by atoms with Crippen LogP contribution in [0.2, 0.25) is 0 Å². The summed E-state index contributed by atoms with van der Waals surface area (Å²) in [6.45, 7) is 5.52. The van der Waals surface area contributed by atoms with Crippen LogP contribution in [0.25, 0.3) is 0 Å². The van der Waals surface area contributed by atoms with E-state index in [9.17, 15) is 14.7 Å². The van der Waals surface area contributed by atoms with Crippen LogP contribution in [0.15, 0.2) is 30.3 Å². The molecule has 132 valence electrons. The highest BCUT2D eigenvalue weighted by Crippen LogP contribution is 2.22. The van der Waals surface area contributed by atoms with Crippen LogP contribution in [0.5, 0.6) is 0 Å². The average Bonchev–Trinajstić information content (AvgIpc) is 2.51. The minimum Gasteiger partial charge on any atom is -0.458 e. The Labute approximate surface area is 142 Å². The number of amides is 1. The Morgan fingerprint density at radius 1 is 1.21 bits per heavy atom. The lowest BCUT2D eigenvalue weighted by Gasteiger charge is -2.36. The highest BCUT2D eigenvalue weighted by molar-refractivity contribution is 5.82. The Hall–Kier alpha value is -2.08. The van der Waals surface area contributed by atoms with Gasteiger partial charge >= 0.3 is 12.1 Å². The Morgan fingerprint density at radius 3 is 2.50 bits per heavy atom. The van der Waals surface area contributed by atoms with E-state index >= 15 is 0 Å². The van der Waals surface area contributed by atoms with Crippen molar-refractivity contribution < 1.29 is 24.2 Å². The van der Waals surface area contributed by atoms with Gasteiger partial charge in [0.2, 0.25) is 0 Å². The fourth-order valence-corrected chi connectivity index (χ4v) is 2.57. The van der Waals surface area contributed by atoms with E-state index in [0.717, 1.165) is 5.56 Å². The number of aliphatic hydroxyl groups excluding tert-OH is 1. The summed E-state index contributed by atoms with van der Waals surface area (Å²) in [5.74, 6) is -0.467. The monoisotopic (exact) mass is 335 g/mol. The van der Waals surface area contributed by atoms with Crippen molar-refractivity contribution in [3.8, 4) is 0 Å². The number of β-amino-alcohol motifs (C(OH)–C–C–N with tert-alkyl or cyclic N) is 1. The number of carbonyl (C=O) groups excluding carboxylic acids is 2. The Morgan fingerprint density at radius 2 is 1.88 bits per heavy atom. The van der Waals surface area contributed by atoms with E-state index in [1.165, 1.54) is 4.90 Å². The number of aliphatic hydroxyl groups is 1. The molecule has 0 aromatic heterocycles. The number of ether oxygens (including phenoxy) is 2. The molecule has 6 nitrogen and oxygen atoms in total. The molecule has 24 heavy (non-hydrogen) atoms. The van der Waals surface area contributed by atoms with Crippen molar-refractivity contribution in [2.75, 3.05) is 6.54 Å². The lowest BCUT2D eigenvalue weighted by molar-refractivity contribution is -0.163. The number of esters is 1. The van der Waals surface area contributed by atoms with Crippen molar-refractivity contribution in [3.63, 3.8) is 0 Å². The van der Waals surface area contributed by atoms with Crippen LogP contribution in [-0.2, 0) is 20.9 Å². The fourth-order valence-electron chi connectivity index (χ4n) is 2.57. The van der Waals surface area contributed by atoms with Gasteiger partial charge in [-0.3, -0.25) is 4.90 Å². The minimum atomic E-state index is -0.726. The molecule has 0 bridgehead atoms. The molecule has 1 aliphatic rings. The number of hydrogen-bond acceptors (Lipinski definition) is 5. The molecule has 1 amide bonds. The van der Waals surface area contributed by atoms with Crippen molar-refractivity contribution in [3.05, 3.63) is 35.9 Å². The van der Waals surface area contributed by atoms with Crippen molar-refractivity contribution in [1.29, 1.82) is 0 Å². The summed E-state index contributed by atoms with van der Waals surface area (Å²) in [7, 11) is 0. The van der Waals surface area contributed by atoms with Gasteiger partial charge in [0.25, 0.3) is 0 Å². The topological polar surface area (TPSA) is 76.1 Å². The Balaban J connectivity index is 2.02.